The molecule has 3 aromatic rings. The van der Waals surface area contributed by atoms with Crippen molar-refractivity contribution in [3.05, 3.63) is 58.3 Å². The summed E-state index contributed by atoms with van der Waals surface area (Å²) in [4.78, 5) is 20.2. The Morgan fingerprint density at radius 1 is 1.25 bits per heavy atom. The van der Waals surface area contributed by atoms with Crippen molar-refractivity contribution in [1.82, 2.24) is 25.2 Å². The van der Waals surface area contributed by atoms with E-state index in [-0.39, 0.29) is 23.1 Å². The Morgan fingerprint density at radius 2 is 1.97 bits per heavy atom. The zero-order valence-electron chi connectivity index (χ0n) is 19.5. The number of benzene rings is 1. The van der Waals surface area contributed by atoms with E-state index < -0.39 is 0 Å². The standard InChI is InChI=1S/C24H35N7O/c1-5-7-19(27-12-6-13-28-22(25)26)16-8-10-18(11-9-16)31-15-17-14-20(24(2,3)4)29-21(17)30-23(31)32/h8-11,14-15,19,27H,5-7,12-13H2,1-4H3,(H4,25,26,28)(H,29,30,32)/t19-/m0/s1. The van der Waals surface area contributed by atoms with Gasteiger partial charge in [-0.05, 0) is 43.1 Å². The van der Waals surface area contributed by atoms with E-state index in [1.54, 1.807) is 4.57 Å². The maximum atomic E-state index is 12.7. The lowest BCUT2D eigenvalue weighted by Crippen LogP contribution is -2.33. The number of nitrogens with two attached hydrogens (primary N) is 1. The first kappa shape index (κ1) is 23.5. The summed E-state index contributed by atoms with van der Waals surface area (Å²) in [5.74, 6) is 0.00267. The molecular weight excluding hydrogens is 402 g/mol. The van der Waals surface area contributed by atoms with Gasteiger partial charge in [0.05, 0.1) is 5.69 Å². The minimum atomic E-state index is -0.297. The molecule has 8 heteroatoms. The second-order valence-corrected chi connectivity index (χ2v) is 9.21. The molecule has 3 rings (SSSR count). The molecule has 0 spiro atoms. The van der Waals surface area contributed by atoms with E-state index in [2.05, 4.69) is 66.5 Å². The number of rotatable bonds is 9. The summed E-state index contributed by atoms with van der Waals surface area (Å²) in [5.41, 5.74) is 8.65. The molecule has 0 aliphatic carbocycles. The van der Waals surface area contributed by atoms with E-state index in [9.17, 15) is 4.79 Å². The SMILES string of the molecule is CCC[C@H](NCCCNC(=N)N)c1ccc(-n2cc3cc(C(C)(C)C)[nH]c3nc2=O)cc1. The predicted octanol–water partition coefficient (Wildman–Crippen LogP) is 3.32. The molecule has 0 fully saturated rings. The summed E-state index contributed by atoms with van der Waals surface area (Å²) >= 11 is 0. The van der Waals surface area contributed by atoms with Gasteiger partial charge in [-0.1, -0.05) is 46.2 Å². The van der Waals surface area contributed by atoms with Crippen molar-refractivity contribution in [2.45, 2.75) is 58.4 Å². The monoisotopic (exact) mass is 437 g/mol. The Hall–Kier alpha value is -3.13. The molecule has 8 nitrogen and oxygen atoms in total. The Morgan fingerprint density at radius 3 is 2.59 bits per heavy atom. The van der Waals surface area contributed by atoms with Crippen molar-refractivity contribution in [2.24, 2.45) is 5.73 Å². The van der Waals surface area contributed by atoms with E-state index >= 15 is 0 Å². The summed E-state index contributed by atoms with van der Waals surface area (Å²) in [6.45, 7) is 10.1. The van der Waals surface area contributed by atoms with Crippen LogP contribution in [0.5, 0.6) is 0 Å². The lowest BCUT2D eigenvalue weighted by molar-refractivity contribution is 0.486. The number of aromatic nitrogens is 3. The number of H-pyrrole nitrogens is 1. The van der Waals surface area contributed by atoms with E-state index in [4.69, 9.17) is 11.1 Å². The van der Waals surface area contributed by atoms with Gasteiger partial charge >= 0.3 is 5.69 Å². The van der Waals surface area contributed by atoms with Crippen molar-refractivity contribution in [2.75, 3.05) is 13.1 Å². The van der Waals surface area contributed by atoms with Crippen LogP contribution in [0.15, 0.2) is 41.3 Å². The van der Waals surface area contributed by atoms with Gasteiger partial charge in [0.15, 0.2) is 5.96 Å². The van der Waals surface area contributed by atoms with Gasteiger partial charge in [-0.25, -0.2) is 4.79 Å². The number of hydrogen-bond donors (Lipinski definition) is 5. The molecule has 172 valence electrons. The minimum absolute atomic E-state index is 0.00267. The zero-order valence-corrected chi connectivity index (χ0v) is 19.5. The lowest BCUT2D eigenvalue weighted by Gasteiger charge is -2.19. The summed E-state index contributed by atoms with van der Waals surface area (Å²) in [7, 11) is 0. The molecule has 2 heterocycles. The topological polar surface area (TPSA) is 125 Å². The molecule has 1 atom stereocenters. The van der Waals surface area contributed by atoms with Crippen LogP contribution < -0.4 is 22.1 Å². The molecule has 32 heavy (non-hydrogen) atoms. The van der Waals surface area contributed by atoms with E-state index in [0.29, 0.717) is 12.2 Å². The molecule has 0 bridgehead atoms. The van der Waals surface area contributed by atoms with Crippen LogP contribution in [-0.2, 0) is 5.41 Å². The van der Waals surface area contributed by atoms with Crippen LogP contribution in [-0.4, -0.2) is 33.6 Å². The van der Waals surface area contributed by atoms with Gasteiger partial charge in [0.1, 0.15) is 5.65 Å². The fourth-order valence-corrected chi connectivity index (χ4v) is 3.71. The number of guanidine groups is 1. The number of fused-ring (bicyclic) bond motifs is 1. The largest absolute Gasteiger partial charge is 0.370 e. The van der Waals surface area contributed by atoms with Gasteiger partial charge in [0.2, 0.25) is 0 Å². The van der Waals surface area contributed by atoms with Crippen molar-refractivity contribution >= 4 is 17.0 Å². The molecule has 0 radical (unpaired) electrons. The number of aromatic amines is 1. The summed E-state index contributed by atoms with van der Waals surface area (Å²) < 4.78 is 1.60. The van der Waals surface area contributed by atoms with E-state index in [0.717, 1.165) is 42.6 Å². The first-order valence-electron chi connectivity index (χ1n) is 11.2. The third-order valence-corrected chi connectivity index (χ3v) is 5.53. The van der Waals surface area contributed by atoms with E-state index in [1.165, 1.54) is 5.56 Å². The van der Waals surface area contributed by atoms with Gasteiger partial charge < -0.3 is 21.4 Å². The number of nitrogens with one attached hydrogen (secondary N) is 4. The fraction of sp³-hybridized carbons (Fsp3) is 0.458. The highest BCUT2D eigenvalue weighted by atomic mass is 16.1. The van der Waals surface area contributed by atoms with Crippen LogP contribution in [0.25, 0.3) is 16.7 Å². The van der Waals surface area contributed by atoms with Gasteiger partial charge in [-0.2, -0.15) is 4.98 Å². The van der Waals surface area contributed by atoms with Crippen molar-refractivity contribution in [3.8, 4) is 5.69 Å². The third kappa shape index (κ3) is 5.76. The second kappa shape index (κ2) is 9.99. The van der Waals surface area contributed by atoms with Gasteiger partial charge in [-0.15, -0.1) is 0 Å². The highest BCUT2D eigenvalue weighted by Gasteiger charge is 2.18. The third-order valence-electron chi connectivity index (χ3n) is 5.53. The smallest absolute Gasteiger partial charge is 0.354 e. The van der Waals surface area contributed by atoms with Crippen LogP contribution >= 0.6 is 0 Å². The maximum absolute atomic E-state index is 12.7. The molecular formula is C24H35N7O. The predicted molar refractivity (Wildman–Crippen MR) is 131 cm³/mol. The van der Waals surface area contributed by atoms with Gasteiger partial charge in [0, 0.05) is 35.3 Å². The lowest BCUT2D eigenvalue weighted by atomic mass is 9.92. The maximum Gasteiger partial charge on any atom is 0.354 e. The molecule has 1 aromatic carbocycles. The number of nitrogens with zero attached hydrogens (tertiary/aromatic N) is 2. The molecule has 6 N–H and O–H groups in total. The molecule has 0 saturated carbocycles. The molecule has 0 unspecified atom stereocenters. The average Bonchev–Trinajstić information content (AvgIpc) is 3.15. The Kier molecular flexibility index (Phi) is 7.35. The molecule has 0 aliphatic heterocycles. The van der Waals surface area contributed by atoms with Crippen molar-refractivity contribution in [3.63, 3.8) is 0 Å². The van der Waals surface area contributed by atoms with Crippen molar-refractivity contribution < 1.29 is 0 Å². The van der Waals surface area contributed by atoms with E-state index in [1.807, 2.05) is 18.3 Å². The van der Waals surface area contributed by atoms with Gasteiger partial charge in [0.25, 0.3) is 0 Å². The highest BCUT2D eigenvalue weighted by Crippen LogP contribution is 2.25. The quantitative estimate of drug-likeness (QED) is 0.200. The molecule has 0 amide bonds. The summed E-state index contributed by atoms with van der Waals surface area (Å²) in [6, 6.07) is 10.4. The molecule has 0 aliphatic rings. The first-order chi connectivity index (χ1) is 15.2. The second-order valence-electron chi connectivity index (χ2n) is 9.21. The van der Waals surface area contributed by atoms with Crippen LogP contribution in [0.1, 0.15) is 64.3 Å². The Bertz CT molecular complexity index is 1110. The van der Waals surface area contributed by atoms with Crippen LogP contribution in [0, 0.1) is 5.41 Å². The van der Waals surface area contributed by atoms with Crippen LogP contribution in [0.2, 0.25) is 0 Å². The summed E-state index contributed by atoms with van der Waals surface area (Å²) in [5, 5.41) is 14.5. The number of hydrogen-bond acceptors (Lipinski definition) is 4. The van der Waals surface area contributed by atoms with Gasteiger partial charge in [-0.3, -0.25) is 9.98 Å². The summed E-state index contributed by atoms with van der Waals surface area (Å²) in [6.07, 6.45) is 4.82. The Labute approximate surface area is 189 Å². The van der Waals surface area contributed by atoms with Crippen LogP contribution in [0.3, 0.4) is 0 Å². The zero-order chi connectivity index (χ0) is 23.3. The highest BCUT2D eigenvalue weighted by molar-refractivity contribution is 5.76. The normalized spacial score (nSPS) is 12.8. The first-order valence-corrected chi connectivity index (χ1v) is 11.2. The fourth-order valence-electron chi connectivity index (χ4n) is 3.71. The van der Waals surface area contributed by atoms with Crippen LogP contribution in [0.4, 0.5) is 0 Å². The Balaban J connectivity index is 1.77. The minimum Gasteiger partial charge on any atom is -0.370 e. The molecule has 2 aromatic heterocycles. The average molecular weight is 438 g/mol. The molecule has 0 saturated heterocycles. The van der Waals surface area contributed by atoms with Crippen molar-refractivity contribution in [1.29, 1.82) is 5.41 Å².